The van der Waals surface area contributed by atoms with Gasteiger partial charge in [0, 0.05) is 0 Å². The molecule has 4 aliphatic carbocycles. The van der Waals surface area contributed by atoms with Crippen LogP contribution >= 0.6 is 0 Å². The second-order valence-electron chi connectivity index (χ2n) is 11.7. The van der Waals surface area contributed by atoms with Crippen LogP contribution in [-0.2, 0) is 11.2 Å². The zero-order chi connectivity index (χ0) is 20.1. The molecule has 29 heavy (non-hydrogen) atoms. The van der Waals surface area contributed by atoms with Gasteiger partial charge in [-0.1, -0.05) is 64.7 Å². The van der Waals surface area contributed by atoms with E-state index >= 15 is 0 Å². The molecular formula is C27H48OS. The quantitative estimate of drug-likeness (QED) is 0.399. The molecule has 0 aromatic carbocycles. The van der Waals surface area contributed by atoms with E-state index < -0.39 is 11.2 Å². The first kappa shape index (κ1) is 22.5. The van der Waals surface area contributed by atoms with E-state index in [4.69, 9.17) is 0 Å². The van der Waals surface area contributed by atoms with Crippen LogP contribution in [0.5, 0.6) is 0 Å². The van der Waals surface area contributed by atoms with Gasteiger partial charge in [0.15, 0.2) is 0 Å². The van der Waals surface area contributed by atoms with Gasteiger partial charge in [-0.05, 0) is 105 Å². The van der Waals surface area contributed by atoms with Crippen molar-refractivity contribution in [3.05, 3.63) is 0 Å². The van der Waals surface area contributed by atoms with Gasteiger partial charge in [-0.2, -0.15) is 0 Å². The summed E-state index contributed by atoms with van der Waals surface area (Å²) in [4.78, 5) is 0. The maximum atomic E-state index is 13.0. The summed E-state index contributed by atoms with van der Waals surface area (Å²) in [5, 5.41) is 1.09. The molecule has 0 amide bonds. The molecular weight excluding hydrogens is 372 g/mol. The molecule has 0 aliphatic heterocycles. The van der Waals surface area contributed by atoms with E-state index in [1.54, 1.807) is 6.42 Å². The van der Waals surface area contributed by atoms with E-state index in [0.29, 0.717) is 10.5 Å². The topological polar surface area (TPSA) is 23.1 Å². The Hall–Kier alpha value is 0.310. The third kappa shape index (κ3) is 6.64. The van der Waals surface area contributed by atoms with Crippen molar-refractivity contribution in [2.24, 2.45) is 29.6 Å². The summed E-state index contributed by atoms with van der Waals surface area (Å²) in [6, 6.07) is 0. The van der Waals surface area contributed by atoms with E-state index in [9.17, 15) is 4.55 Å². The molecule has 0 heterocycles. The highest BCUT2D eigenvalue weighted by Gasteiger charge is 2.36. The Bertz CT molecular complexity index is 449. The average Bonchev–Trinajstić information content (AvgIpc) is 2.77. The summed E-state index contributed by atoms with van der Waals surface area (Å²) < 4.78 is 13.0. The lowest BCUT2D eigenvalue weighted by Crippen LogP contribution is -2.36. The van der Waals surface area contributed by atoms with Crippen molar-refractivity contribution in [2.45, 2.75) is 139 Å². The molecule has 1 nitrogen and oxygen atoms in total. The molecule has 0 bridgehead atoms. The zero-order valence-corrected chi connectivity index (χ0v) is 20.1. The fourth-order valence-corrected chi connectivity index (χ4v) is 9.46. The Kier molecular flexibility index (Phi) is 8.73. The Morgan fingerprint density at radius 3 is 1.38 bits per heavy atom. The predicted octanol–water partition coefficient (Wildman–Crippen LogP) is 8.04. The fourth-order valence-electron chi connectivity index (χ4n) is 7.38. The minimum Gasteiger partial charge on any atom is -0.616 e. The normalized spacial score (nSPS) is 41.2. The van der Waals surface area contributed by atoms with E-state index in [0.717, 1.165) is 29.6 Å². The first-order chi connectivity index (χ1) is 14.2. The molecule has 4 saturated carbocycles. The molecule has 168 valence electrons. The molecule has 1 unspecified atom stereocenters. The largest absolute Gasteiger partial charge is 0.616 e. The maximum absolute atomic E-state index is 13.0. The van der Waals surface area contributed by atoms with Crippen LogP contribution in [0.2, 0.25) is 0 Å². The lowest BCUT2D eigenvalue weighted by atomic mass is 9.71. The van der Waals surface area contributed by atoms with E-state index in [-0.39, 0.29) is 0 Å². The lowest BCUT2D eigenvalue weighted by Gasteiger charge is -2.37. The Labute approximate surface area is 184 Å². The highest BCUT2D eigenvalue weighted by atomic mass is 32.2. The molecule has 0 saturated heterocycles. The van der Waals surface area contributed by atoms with Crippen LogP contribution in [0.4, 0.5) is 0 Å². The molecule has 0 aromatic heterocycles. The lowest BCUT2D eigenvalue weighted by molar-refractivity contribution is 0.174. The van der Waals surface area contributed by atoms with Gasteiger partial charge in [0.1, 0.15) is 10.5 Å². The molecule has 4 aliphatic rings. The van der Waals surface area contributed by atoms with Gasteiger partial charge < -0.3 is 4.55 Å². The highest BCUT2D eigenvalue weighted by Crippen LogP contribution is 2.42. The first-order valence-corrected chi connectivity index (χ1v) is 14.8. The summed E-state index contributed by atoms with van der Waals surface area (Å²) in [5.41, 5.74) is 0. The SMILES string of the molecule is CC1CCC(CC2CCC(CC3CCC([S+]([O-])C4CCCCC4)CC3)CC2)CC1. The third-order valence-electron chi connectivity index (χ3n) is 9.44. The van der Waals surface area contributed by atoms with Crippen molar-refractivity contribution in [2.75, 3.05) is 0 Å². The van der Waals surface area contributed by atoms with Crippen molar-refractivity contribution >= 4 is 11.2 Å². The third-order valence-corrected chi connectivity index (χ3v) is 11.7. The minimum atomic E-state index is -0.526. The molecule has 0 N–H and O–H groups in total. The van der Waals surface area contributed by atoms with Gasteiger partial charge in [0.25, 0.3) is 0 Å². The summed E-state index contributed by atoms with van der Waals surface area (Å²) in [6.45, 7) is 2.45. The van der Waals surface area contributed by atoms with Gasteiger partial charge in [0.05, 0.1) is 0 Å². The van der Waals surface area contributed by atoms with Crippen LogP contribution in [0.15, 0.2) is 0 Å². The molecule has 0 spiro atoms. The average molecular weight is 421 g/mol. The Morgan fingerprint density at radius 1 is 0.517 bits per heavy atom. The van der Waals surface area contributed by atoms with Crippen molar-refractivity contribution in [1.82, 2.24) is 0 Å². The number of rotatable bonds is 6. The van der Waals surface area contributed by atoms with E-state index in [2.05, 4.69) is 6.92 Å². The first-order valence-electron chi connectivity index (χ1n) is 13.6. The molecule has 0 radical (unpaired) electrons. The summed E-state index contributed by atoms with van der Waals surface area (Å²) in [7, 11) is 0. The smallest absolute Gasteiger partial charge is 0.116 e. The molecule has 4 rings (SSSR count). The summed E-state index contributed by atoms with van der Waals surface area (Å²) in [5.74, 6) is 5.09. The van der Waals surface area contributed by atoms with Crippen molar-refractivity contribution < 1.29 is 4.55 Å². The Morgan fingerprint density at radius 2 is 0.897 bits per heavy atom. The fraction of sp³-hybridized carbons (Fsp3) is 1.00. The molecule has 4 fully saturated rings. The number of hydrogen-bond donors (Lipinski definition) is 0. The van der Waals surface area contributed by atoms with Crippen LogP contribution in [0.3, 0.4) is 0 Å². The van der Waals surface area contributed by atoms with Crippen molar-refractivity contribution in [3.8, 4) is 0 Å². The van der Waals surface area contributed by atoms with E-state index in [1.165, 1.54) is 116 Å². The van der Waals surface area contributed by atoms with Gasteiger partial charge in [-0.15, -0.1) is 0 Å². The summed E-state index contributed by atoms with van der Waals surface area (Å²) in [6.07, 6.45) is 27.0. The molecule has 0 aromatic rings. The van der Waals surface area contributed by atoms with Crippen molar-refractivity contribution in [1.29, 1.82) is 0 Å². The van der Waals surface area contributed by atoms with Crippen LogP contribution in [0, 0.1) is 29.6 Å². The molecule has 1 atom stereocenters. The Balaban J connectivity index is 1.11. The van der Waals surface area contributed by atoms with Crippen LogP contribution in [0.25, 0.3) is 0 Å². The maximum Gasteiger partial charge on any atom is 0.116 e. The summed E-state index contributed by atoms with van der Waals surface area (Å²) >= 11 is -0.526. The minimum absolute atomic E-state index is 0.526. The molecule has 2 heteroatoms. The van der Waals surface area contributed by atoms with Gasteiger partial charge in [-0.3, -0.25) is 0 Å². The number of hydrogen-bond acceptors (Lipinski definition) is 1. The van der Waals surface area contributed by atoms with Gasteiger partial charge >= 0.3 is 0 Å². The van der Waals surface area contributed by atoms with E-state index in [1.807, 2.05) is 0 Å². The predicted molar refractivity (Wildman–Crippen MR) is 127 cm³/mol. The second kappa shape index (κ2) is 11.3. The second-order valence-corrected chi connectivity index (χ2v) is 13.7. The van der Waals surface area contributed by atoms with Crippen LogP contribution in [-0.4, -0.2) is 15.1 Å². The highest BCUT2D eigenvalue weighted by molar-refractivity contribution is 7.92. The monoisotopic (exact) mass is 420 g/mol. The zero-order valence-electron chi connectivity index (χ0n) is 19.3. The van der Waals surface area contributed by atoms with Gasteiger partial charge in [0.2, 0.25) is 0 Å². The van der Waals surface area contributed by atoms with Crippen LogP contribution in [0.1, 0.15) is 129 Å². The standard InChI is InChI=1S/C27H48OS/c1-21-7-9-22(10-8-21)19-23-11-13-24(14-12-23)20-25-15-17-27(18-16-25)29(28)26-5-3-2-4-6-26/h21-27H,2-20H2,1H3. The van der Waals surface area contributed by atoms with Crippen LogP contribution < -0.4 is 0 Å². The van der Waals surface area contributed by atoms with Gasteiger partial charge in [-0.25, -0.2) is 0 Å². The van der Waals surface area contributed by atoms with Crippen molar-refractivity contribution in [3.63, 3.8) is 0 Å².